The molecule has 0 radical (unpaired) electrons. The average molecular weight is 366 g/mol. The van der Waals surface area contributed by atoms with E-state index in [-0.39, 0.29) is 14.9 Å². The van der Waals surface area contributed by atoms with Crippen molar-refractivity contribution in [2.45, 2.75) is 49.5 Å². The summed E-state index contributed by atoms with van der Waals surface area (Å²) in [6.07, 6.45) is 6.92. The van der Waals surface area contributed by atoms with Crippen molar-refractivity contribution in [2.75, 3.05) is 13.2 Å². The molecule has 0 aliphatic heterocycles. The van der Waals surface area contributed by atoms with Crippen LogP contribution in [-0.2, 0) is 14.8 Å². The molecule has 0 saturated heterocycles. The lowest BCUT2D eigenvalue weighted by Gasteiger charge is -2.21. The lowest BCUT2D eigenvalue weighted by atomic mass is 9.98. The summed E-state index contributed by atoms with van der Waals surface area (Å²) < 4.78 is 32.7. The molecule has 1 saturated carbocycles. The molecule has 1 aromatic carbocycles. The molecule has 0 bridgehead atoms. The molecule has 0 unspecified atom stereocenters. The molecule has 1 N–H and O–H groups in total. The maximum Gasteiger partial charge on any atom is 0.243 e. The fourth-order valence-electron chi connectivity index (χ4n) is 2.57. The van der Waals surface area contributed by atoms with Crippen LogP contribution in [-0.4, -0.2) is 27.7 Å². The van der Waals surface area contributed by atoms with Gasteiger partial charge in [-0.05, 0) is 31.4 Å². The molecule has 0 aromatic heterocycles. The summed E-state index contributed by atoms with van der Waals surface area (Å²) in [5.74, 6) is 0. The van der Waals surface area contributed by atoms with Crippen LogP contribution in [0, 0.1) is 0 Å². The van der Waals surface area contributed by atoms with E-state index in [1.54, 1.807) is 6.07 Å². The number of sulfonamides is 1. The zero-order valence-corrected chi connectivity index (χ0v) is 14.7. The second-order valence-electron chi connectivity index (χ2n) is 5.43. The predicted molar refractivity (Wildman–Crippen MR) is 89.1 cm³/mol. The summed E-state index contributed by atoms with van der Waals surface area (Å²) >= 11 is 11.9. The van der Waals surface area contributed by atoms with Crippen LogP contribution in [0.15, 0.2) is 23.1 Å². The van der Waals surface area contributed by atoms with Gasteiger partial charge in [0, 0.05) is 13.2 Å². The van der Waals surface area contributed by atoms with Gasteiger partial charge in [-0.2, -0.15) is 0 Å². The molecule has 1 fully saturated rings. The van der Waals surface area contributed by atoms with Gasteiger partial charge in [-0.15, -0.1) is 0 Å². The molecular weight excluding hydrogens is 345 g/mol. The smallest absolute Gasteiger partial charge is 0.243 e. The second-order valence-corrected chi connectivity index (χ2v) is 7.95. The third-order valence-corrected chi connectivity index (χ3v) is 6.12. The van der Waals surface area contributed by atoms with E-state index in [2.05, 4.69) is 4.72 Å². The van der Waals surface area contributed by atoms with Gasteiger partial charge in [0.2, 0.25) is 10.0 Å². The molecule has 0 amide bonds. The molecule has 0 atom stereocenters. The molecule has 0 spiro atoms. The van der Waals surface area contributed by atoms with Crippen LogP contribution < -0.4 is 4.72 Å². The number of ether oxygens (including phenoxy) is 1. The molecule has 7 heteroatoms. The van der Waals surface area contributed by atoms with Crippen molar-refractivity contribution in [1.82, 2.24) is 4.72 Å². The predicted octanol–water partition coefficient (Wildman–Crippen LogP) is 4.01. The van der Waals surface area contributed by atoms with Gasteiger partial charge >= 0.3 is 0 Å². The Balaban J connectivity index is 1.78. The first kappa shape index (κ1) is 18.0. The van der Waals surface area contributed by atoms with Gasteiger partial charge in [0.1, 0.15) is 4.90 Å². The van der Waals surface area contributed by atoms with E-state index in [0.29, 0.717) is 25.7 Å². The van der Waals surface area contributed by atoms with Crippen molar-refractivity contribution in [3.05, 3.63) is 28.2 Å². The topological polar surface area (TPSA) is 55.4 Å². The highest BCUT2D eigenvalue weighted by molar-refractivity contribution is 7.89. The van der Waals surface area contributed by atoms with E-state index in [1.165, 1.54) is 31.4 Å². The molecule has 22 heavy (non-hydrogen) atoms. The summed E-state index contributed by atoms with van der Waals surface area (Å²) in [6.45, 7) is 0.861. The minimum atomic E-state index is -3.70. The van der Waals surface area contributed by atoms with Gasteiger partial charge in [-0.25, -0.2) is 13.1 Å². The highest BCUT2D eigenvalue weighted by atomic mass is 35.5. The monoisotopic (exact) mass is 365 g/mol. The van der Waals surface area contributed by atoms with Gasteiger partial charge < -0.3 is 4.74 Å². The largest absolute Gasteiger partial charge is 0.378 e. The Kier molecular flexibility index (Phi) is 6.96. The quantitative estimate of drug-likeness (QED) is 0.742. The lowest BCUT2D eigenvalue weighted by molar-refractivity contribution is 0.0278. The number of benzene rings is 1. The molecule has 124 valence electrons. The van der Waals surface area contributed by atoms with Crippen LogP contribution in [0.2, 0.25) is 10.0 Å². The van der Waals surface area contributed by atoms with Crippen molar-refractivity contribution < 1.29 is 13.2 Å². The van der Waals surface area contributed by atoms with Crippen LogP contribution in [0.25, 0.3) is 0 Å². The minimum Gasteiger partial charge on any atom is -0.378 e. The standard InChI is InChI=1S/C15H21Cl2NO3S/c16-13-8-4-9-14(17)15(13)22(19,20)18-10-5-11-21-12-6-2-1-3-7-12/h4,8-9,12,18H,1-3,5-7,10-11H2. The van der Waals surface area contributed by atoms with E-state index in [9.17, 15) is 8.42 Å². The first-order valence-corrected chi connectivity index (χ1v) is 9.80. The maximum absolute atomic E-state index is 12.2. The number of rotatable bonds is 7. The molecule has 0 heterocycles. The molecular formula is C15H21Cl2NO3S. The fourth-order valence-corrected chi connectivity index (χ4v) is 4.79. The summed E-state index contributed by atoms with van der Waals surface area (Å²) in [4.78, 5) is -0.0634. The Labute approximate surface area is 142 Å². The van der Waals surface area contributed by atoms with Gasteiger partial charge in [-0.3, -0.25) is 0 Å². The average Bonchev–Trinajstić information content (AvgIpc) is 2.47. The van der Waals surface area contributed by atoms with Crippen LogP contribution in [0.3, 0.4) is 0 Å². The van der Waals surface area contributed by atoms with Crippen LogP contribution in [0.4, 0.5) is 0 Å². The zero-order valence-electron chi connectivity index (χ0n) is 12.4. The van der Waals surface area contributed by atoms with Gasteiger partial charge in [-0.1, -0.05) is 48.5 Å². The van der Waals surface area contributed by atoms with E-state index in [1.807, 2.05) is 0 Å². The minimum absolute atomic E-state index is 0.0634. The van der Waals surface area contributed by atoms with Crippen LogP contribution in [0.5, 0.6) is 0 Å². The van der Waals surface area contributed by atoms with E-state index < -0.39 is 10.0 Å². The van der Waals surface area contributed by atoms with Crippen LogP contribution in [0.1, 0.15) is 38.5 Å². The maximum atomic E-state index is 12.2. The molecule has 4 nitrogen and oxygen atoms in total. The molecule has 2 rings (SSSR count). The lowest BCUT2D eigenvalue weighted by Crippen LogP contribution is -2.27. The zero-order chi connectivity index (χ0) is 16.0. The third-order valence-electron chi connectivity index (χ3n) is 3.71. The number of halogens is 2. The normalized spacial score (nSPS) is 16.8. The van der Waals surface area contributed by atoms with Crippen molar-refractivity contribution in [3.8, 4) is 0 Å². The molecule has 1 aromatic rings. The number of hydrogen-bond donors (Lipinski definition) is 1. The Hall–Kier alpha value is -0.330. The van der Waals surface area contributed by atoms with Crippen molar-refractivity contribution >= 4 is 33.2 Å². The first-order chi connectivity index (χ1) is 10.5. The number of hydrogen-bond acceptors (Lipinski definition) is 3. The van der Waals surface area contributed by atoms with Crippen molar-refractivity contribution in [1.29, 1.82) is 0 Å². The summed E-state index contributed by atoms with van der Waals surface area (Å²) in [7, 11) is -3.70. The second kappa shape index (κ2) is 8.50. The molecule has 1 aliphatic rings. The van der Waals surface area contributed by atoms with Gasteiger partial charge in [0.05, 0.1) is 16.1 Å². The molecule has 1 aliphatic carbocycles. The Bertz CT molecular complexity index is 566. The summed E-state index contributed by atoms with van der Waals surface area (Å²) in [5.41, 5.74) is 0. The Morgan fingerprint density at radius 1 is 1.14 bits per heavy atom. The number of nitrogens with one attached hydrogen (secondary N) is 1. The van der Waals surface area contributed by atoms with Crippen molar-refractivity contribution in [2.24, 2.45) is 0 Å². The first-order valence-electron chi connectivity index (χ1n) is 7.56. The Morgan fingerprint density at radius 3 is 2.41 bits per heavy atom. The summed E-state index contributed by atoms with van der Waals surface area (Å²) in [5, 5.41) is 0.247. The fraction of sp³-hybridized carbons (Fsp3) is 0.600. The Morgan fingerprint density at radius 2 is 1.77 bits per heavy atom. The summed E-state index contributed by atoms with van der Waals surface area (Å²) in [6, 6.07) is 4.63. The van der Waals surface area contributed by atoms with Crippen molar-refractivity contribution in [3.63, 3.8) is 0 Å². The SMILES string of the molecule is O=S(=O)(NCCCOC1CCCCC1)c1c(Cl)cccc1Cl. The van der Waals surface area contributed by atoms with Gasteiger partial charge in [0.15, 0.2) is 0 Å². The van der Waals surface area contributed by atoms with E-state index in [4.69, 9.17) is 27.9 Å². The van der Waals surface area contributed by atoms with Gasteiger partial charge in [0.25, 0.3) is 0 Å². The highest BCUT2D eigenvalue weighted by Gasteiger charge is 2.21. The van der Waals surface area contributed by atoms with Crippen LogP contribution >= 0.6 is 23.2 Å². The van der Waals surface area contributed by atoms with E-state index >= 15 is 0 Å². The highest BCUT2D eigenvalue weighted by Crippen LogP contribution is 2.28. The third kappa shape index (κ3) is 5.10. The van der Waals surface area contributed by atoms with E-state index in [0.717, 1.165) is 12.8 Å².